The van der Waals surface area contributed by atoms with Crippen LogP contribution in [-0.2, 0) is 0 Å². The van der Waals surface area contributed by atoms with Crippen molar-refractivity contribution >= 4 is 23.2 Å². The maximum atomic E-state index is 13.1. The lowest BCUT2D eigenvalue weighted by Gasteiger charge is -2.03. The Labute approximate surface area is 102 Å². The molecule has 0 aliphatic rings. The summed E-state index contributed by atoms with van der Waals surface area (Å²) < 4.78 is 13.1. The van der Waals surface area contributed by atoms with E-state index in [0.717, 1.165) is 5.69 Å². The van der Waals surface area contributed by atoms with Crippen molar-refractivity contribution in [3.05, 3.63) is 46.0 Å². The van der Waals surface area contributed by atoms with Crippen LogP contribution in [0.15, 0.2) is 24.3 Å². The molecule has 2 nitrogen and oxygen atoms in total. The van der Waals surface area contributed by atoms with Crippen LogP contribution in [0.2, 0.25) is 10.2 Å². The lowest BCUT2D eigenvalue weighted by molar-refractivity contribution is 0.628. The third-order valence-corrected chi connectivity index (χ3v) is 2.36. The first-order valence-corrected chi connectivity index (χ1v) is 5.28. The van der Waals surface area contributed by atoms with Crippen LogP contribution in [0.4, 0.5) is 4.39 Å². The Morgan fingerprint density at radius 3 is 2.44 bits per heavy atom. The molecule has 0 fully saturated rings. The molecule has 0 N–H and O–H groups in total. The first-order valence-electron chi connectivity index (χ1n) is 4.52. The summed E-state index contributed by atoms with van der Waals surface area (Å²) in [4.78, 5) is 8.18. The van der Waals surface area contributed by atoms with Gasteiger partial charge in [-0.3, -0.25) is 0 Å². The van der Waals surface area contributed by atoms with Crippen LogP contribution in [0.5, 0.6) is 0 Å². The fourth-order valence-corrected chi connectivity index (χ4v) is 1.80. The predicted octanol–water partition coefficient (Wildman–Crippen LogP) is 3.90. The van der Waals surface area contributed by atoms with Gasteiger partial charge >= 0.3 is 0 Å². The summed E-state index contributed by atoms with van der Waals surface area (Å²) in [6, 6.07) is 5.77. The van der Waals surface area contributed by atoms with Crippen molar-refractivity contribution in [3.63, 3.8) is 0 Å². The summed E-state index contributed by atoms with van der Waals surface area (Å²) in [5, 5.41) is 0.624. The van der Waals surface area contributed by atoms with Gasteiger partial charge in [0.25, 0.3) is 0 Å². The van der Waals surface area contributed by atoms with E-state index in [-0.39, 0.29) is 0 Å². The number of halogens is 3. The second kappa shape index (κ2) is 4.36. The number of aromatic nitrogens is 2. The van der Waals surface area contributed by atoms with Crippen LogP contribution in [0.25, 0.3) is 11.4 Å². The minimum absolute atomic E-state index is 0.302. The molecule has 0 radical (unpaired) electrons. The fourth-order valence-electron chi connectivity index (χ4n) is 1.34. The third-order valence-electron chi connectivity index (χ3n) is 1.94. The monoisotopic (exact) mass is 256 g/mol. The van der Waals surface area contributed by atoms with E-state index in [1.54, 1.807) is 19.1 Å². The summed E-state index contributed by atoms with van der Waals surface area (Å²) in [7, 11) is 0. The molecule has 82 valence electrons. The summed E-state index contributed by atoms with van der Waals surface area (Å²) in [5.41, 5.74) is 1.23. The lowest BCUT2D eigenvalue weighted by atomic mass is 10.2. The summed E-state index contributed by atoms with van der Waals surface area (Å²) in [6.45, 7) is 1.79. The topological polar surface area (TPSA) is 25.8 Å². The Hall–Kier alpha value is -1.19. The van der Waals surface area contributed by atoms with E-state index >= 15 is 0 Å². The zero-order chi connectivity index (χ0) is 11.7. The maximum Gasteiger partial charge on any atom is 0.161 e. The van der Waals surface area contributed by atoms with E-state index in [9.17, 15) is 4.39 Å². The van der Waals surface area contributed by atoms with Gasteiger partial charge in [-0.2, -0.15) is 0 Å². The Balaban J connectivity index is 2.57. The third kappa shape index (κ3) is 2.49. The van der Waals surface area contributed by atoms with E-state index in [2.05, 4.69) is 9.97 Å². The highest BCUT2D eigenvalue weighted by atomic mass is 35.5. The Morgan fingerprint density at radius 2 is 1.81 bits per heavy atom. The molecule has 1 aromatic carbocycles. The van der Waals surface area contributed by atoms with E-state index < -0.39 is 5.82 Å². The molecule has 1 heterocycles. The minimum Gasteiger partial charge on any atom is -0.233 e. The average Bonchev–Trinajstić information content (AvgIpc) is 2.14. The minimum atomic E-state index is -0.427. The van der Waals surface area contributed by atoms with E-state index in [1.807, 2.05) is 0 Å². The molecule has 2 aromatic rings. The van der Waals surface area contributed by atoms with Gasteiger partial charge in [-0.15, -0.1) is 0 Å². The highest BCUT2D eigenvalue weighted by Gasteiger charge is 2.06. The molecule has 0 aliphatic heterocycles. The Morgan fingerprint density at radius 1 is 1.06 bits per heavy atom. The van der Waals surface area contributed by atoms with Gasteiger partial charge < -0.3 is 0 Å². The molecule has 0 unspecified atom stereocenters. The van der Waals surface area contributed by atoms with Crippen LogP contribution < -0.4 is 0 Å². The Bertz CT molecular complexity index is 454. The van der Waals surface area contributed by atoms with Crippen molar-refractivity contribution in [2.45, 2.75) is 6.92 Å². The predicted molar refractivity (Wildman–Crippen MR) is 62.2 cm³/mol. The van der Waals surface area contributed by atoms with E-state index in [1.165, 1.54) is 12.1 Å². The average molecular weight is 257 g/mol. The molecule has 0 saturated heterocycles. The molecule has 0 spiro atoms. The number of rotatable bonds is 1. The van der Waals surface area contributed by atoms with Gasteiger partial charge in [0.1, 0.15) is 11.0 Å². The number of hydrogen-bond acceptors (Lipinski definition) is 2. The van der Waals surface area contributed by atoms with Crippen LogP contribution >= 0.6 is 23.2 Å². The van der Waals surface area contributed by atoms with E-state index in [4.69, 9.17) is 23.2 Å². The number of benzene rings is 1. The van der Waals surface area contributed by atoms with Crippen LogP contribution in [0, 0.1) is 12.7 Å². The highest BCUT2D eigenvalue weighted by Crippen LogP contribution is 2.22. The molecule has 0 bridgehead atoms. The first-order chi connectivity index (χ1) is 7.54. The molecule has 0 aliphatic carbocycles. The molecule has 0 atom stereocenters. The van der Waals surface area contributed by atoms with Crippen molar-refractivity contribution in [2.24, 2.45) is 0 Å². The molecule has 0 saturated carbocycles. The largest absolute Gasteiger partial charge is 0.233 e. The molecule has 2 rings (SSSR count). The quantitative estimate of drug-likeness (QED) is 0.724. The van der Waals surface area contributed by atoms with Crippen LogP contribution in [-0.4, -0.2) is 9.97 Å². The smallest absolute Gasteiger partial charge is 0.161 e. The van der Waals surface area contributed by atoms with Crippen LogP contribution in [0.1, 0.15) is 5.69 Å². The molecular formula is C11H7Cl2FN2. The SMILES string of the molecule is Cc1cc(Cl)nc(-c2cc(F)cc(Cl)c2)n1. The van der Waals surface area contributed by atoms with Crippen molar-refractivity contribution < 1.29 is 4.39 Å². The summed E-state index contributed by atoms with van der Waals surface area (Å²) in [5.74, 6) is -0.0601. The first kappa shape index (κ1) is 11.3. The molecule has 1 aromatic heterocycles. The van der Waals surface area contributed by atoms with Crippen molar-refractivity contribution in [1.82, 2.24) is 9.97 Å². The molecule has 5 heteroatoms. The second-order valence-electron chi connectivity index (χ2n) is 3.31. The van der Waals surface area contributed by atoms with Crippen LogP contribution in [0.3, 0.4) is 0 Å². The maximum absolute atomic E-state index is 13.1. The number of aryl methyl sites for hydroxylation is 1. The molecular weight excluding hydrogens is 250 g/mol. The molecule has 16 heavy (non-hydrogen) atoms. The van der Waals surface area contributed by atoms with Crippen molar-refractivity contribution in [1.29, 1.82) is 0 Å². The van der Waals surface area contributed by atoms with Crippen molar-refractivity contribution in [3.8, 4) is 11.4 Å². The second-order valence-corrected chi connectivity index (χ2v) is 4.14. The van der Waals surface area contributed by atoms with Crippen molar-refractivity contribution in [2.75, 3.05) is 0 Å². The van der Waals surface area contributed by atoms with Gasteiger partial charge in [0.2, 0.25) is 0 Å². The van der Waals surface area contributed by atoms with Gasteiger partial charge in [0, 0.05) is 16.3 Å². The fraction of sp³-hybridized carbons (Fsp3) is 0.0909. The van der Waals surface area contributed by atoms with Gasteiger partial charge in [0.15, 0.2) is 5.82 Å². The zero-order valence-electron chi connectivity index (χ0n) is 8.34. The van der Waals surface area contributed by atoms with Gasteiger partial charge in [-0.25, -0.2) is 14.4 Å². The van der Waals surface area contributed by atoms with Gasteiger partial charge in [0.05, 0.1) is 0 Å². The highest BCUT2D eigenvalue weighted by molar-refractivity contribution is 6.31. The molecule has 0 amide bonds. The normalized spacial score (nSPS) is 10.5. The number of hydrogen-bond donors (Lipinski definition) is 0. The van der Waals surface area contributed by atoms with Gasteiger partial charge in [-0.1, -0.05) is 23.2 Å². The summed E-state index contributed by atoms with van der Waals surface area (Å²) >= 11 is 11.6. The zero-order valence-corrected chi connectivity index (χ0v) is 9.85. The van der Waals surface area contributed by atoms with E-state index in [0.29, 0.717) is 21.6 Å². The summed E-state index contributed by atoms with van der Waals surface area (Å²) in [6.07, 6.45) is 0. The van der Waals surface area contributed by atoms with Gasteiger partial charge in [-0.05, 0) is 31.2 Å². The number of nitrogens with zero attached hydrogens (tertiary/aromatic N) is 2. The standard InChI is InChI=1S/C11H7Cl2FN2/c1-6-2-10(13)16-11(15-6)7-3-8(12)5-9(14)4-7/h2-5H,1H3. The lowest BCUT2D eigenvalue weighted by Crippen LogP contribution is -1.92. The Kier molecular flexibility index (Phi) is 3.08.